The average molecular weight is 342 g/mol. The minimum Gasteiger partial charge on any atom is -0.376 e. The van der Waals surface area contributed by atoms with Gasteiger partial charge in [-0.1, -0.05) is 32.1 Å². The van der Waals surface area contributed by atoms with Crippen LogP contribution in [0.15, 0.2) is 18.2 Å². The number of hydrogen-bond acceptors (Lipinski definition) is 2. The lowest BCUT2D eigenvalue weighted by molar-refractivity contribution is -0.137. The van der Waals surface area contributed by atoms with Crippen LogP contribution in [0.25, 0.3) is 0 Å². The third-order valence-electron chi connectivity index (χ3n) is 4.58. The molecule has 1 fully saturated rings. The summed E-state index contributed by atoms with van der Waals surface area (Å²) in [5.74, 6) is 0.349. The number of hydrogen-bond donors (Lipinski definition) is 1. The Balaban J connectivity index is 2.04. The number of benzene rings is 1. The van der Waals surface area contributed by atoms with E-state index in [0.717, 1.165) is 31.4 Å². The first-order valence-electron chi connectivity index (χ1n) is 8.46. The van der Waals surface area contributed by atoms with Crippen LogP contribution in [0, 0.1) is 5.92 Å². The monoisotopic (exact) mass is 342 g/mol. The molecule has 1 saturated carbocycles. The second-order valence-electron chi connectivity index (χ2n) is 6.72. The highest BCUT2D eigenvalue weighted by atomic mass is 19.4. The zero-order valence-corrected chi connectivity index (χ0v) is 14.2. The van der Waals surface area contributed by atoms with Crippen LogP contribution < -0.4 is 10.2 Å². The Hall–Kier alpha value is -1.72. The molecule has 0 heterocycles. The second-order valence-corrected chi connectivity index (χ2v) is 6.72. The van der Waals surface area contributed by atoms with E-state index in [1.54, 1.807) is 19.0 Å². The molecule has 1 amide bonds. The number of alkyl halides is 3. The number of amides is 1. The lowest BCUT2D eigenvalue weighted by atomic mass is 9.86. The number of nitrogens with one attached hydrogen (secondary N) is 1. The molecule has 134 valence electrons. The molecule has 0 aliphatic heterocycles. The zero-order chi connectivity index (χ0) is 17.7. The van der Waals surface area contributed by atoms with Crippen molar-refractivity contribution >= 4 is 17.3 Å². The topological polar surface area (TPSA) is 32.3 Å². The Morgan fingerprint density at radius 3 is 2.46 bits per heavy atom. The van der Waals surface area contributed by atoms with E-state index < -0.39 is 11.7 Å². The van der Waals surface area contributed by atoms with E-state index in [2.05, 4.69) is 5.32 Å². The highest BCUT2D eigenvalue weighted by Crippen LogP contribution is 2.35. The van der Waals surface area contributed by atoms with Crippen LogP contribution in [0.3, 0.4) is 0 Å². The fraction of sp³-hybridized carbons (Fsp3) is 0.611. The number of carbonyl (C=O) groups excluding carboxylic acids is 1. The van der Waals surface area contributed by atoms with Gasteiger partial charge in [0.2, 0.25) is 5.91 Å². The van der Waals surface area contributed by atoms with Crippen molar-refractivity contribution in [2.45, 2.75) is 51.1 Å². The summed E-state index contributed by atoms with van der Waals surface area (Å²) in [6.45, 7) is 0. The Bertz CT molecular complexity index is 564. The van der Waals surface area contributed by atoms with Crippen LogP contribution in [0.2, 0.25) is 0 Å². The van der Waals surface area contributed by atoms with E-state index in [4.69, 9.17) is 0 Å². The maximum Gasteiger partial charge on any atom is 0.416 e. The number of rotatable bonds is 5. The predicted octanol–water partition coefficient (Wildman–Crippen LogP) is 5.07. The molecule has 1 N–H and O–H groups in total. The van der Waals surface area contributed by atoms with Crippen molar-refractivity contribution < 1.29 is 18.0 Å². The third kappa shape index (κ3) is 5.14. The molecule has 0 spiro atoms. The summed E-state index contributed by atoms with van der Waals surface area (Å²) >= 11 is 0. The second kappa shape index (κ2) is 7.90. The Morgan fingerprint density at radius 1 is 1.21 bits per heavy atom. The van der Waals surface area contributed by atoms with Crippen molar-refractivity contribution in [3.63, 3.8) is 0 Å². The van der Waals surface area contributed by atoms with E-state index in [9.17, 15) is 18.0 Å². The lowest BCUT2D eigenvalue weighted by Gasteiger charge is -2.22. The van der Waals surface area contributed by atoms with E-state index in [-0.39, 0.29) is 11.6 Å². The van der Waals surface area contributed by atoms with Crippen molar-refractivity contribution in [3.05, 3.63) is 23.8 Å². The molecule has 0 aromatic heterocycles. The van der Waals surface area contributed by atoms with Gasteiger partial charge in [-0.2, -0.15) is 13.2 Å². The maximum absolute atomic E-state index is 12.9. The largest absolute Gasteiger partial charge is 0.416 e. The molecule has 0 saturated heterocycles. The maximum atomic E-state index is 12.9. The summed E-state index contributed by atoms with van der Waals surface area (Å²) in [6.07, 6.45) is 2.73. The van der Waals surface area contributed by atoms with Crippen molar-refractivity contribution in [2.75, 3.05) is 24.3 Å². The predicted molar refractivity (Wildman–Crippen MR) is 90.2 cm³/mol. The summed E-state index contributed by atoms with van der Waals surface area (Å²) in [6, 6.07) is 3.43. The van der Waals surface area contributed by atoms with Gasteiger partial charge in [-0.3, -0.25) is 4.79 Å². The molecular formula is C18H25F3N2O. The van der Waals surface area contributed by atoms with E-state index in [1.807, 2.05) is 0 Å². The molecule has 3 nitrogen and oxygen atoms in total. The van der Waals surface area contributed by atoms with Gasteiger partial charge in [-0.25, -0.2) is 0 Å². The Morgan fingerprint density at radius 2 is 1.88 bits per heavy atom. The van der Waals surface area contributed by atoms with Crippen LogP contribution in [0.4, 0.5) is 24.5 Å². The van der Waals surface area contributed by atoms with E-state index in [1.165, 1.54) is 25.3 Å². The summed E-state index contributed by atoms with van der Waals surface area (Å²) < 4.78 is 38.7. The van der Waals surface area contributed by atoms with Gasteiger partial charge in [0.1, 0.15) is 0 Å². The molecule has 1 aliphatic carbocycles. The number of nitrogens with zero attached hydrogens (tertiary/aromatic N) is 1. The molecule has 1 aromatic carbocycles. The first-order valence-corrected chi connectivity index (χ1v) is 8.46. The SMILES string of the molecule is CN(C)c1ccc(C(F)(F)F)cc1NC(=O)CCC1CCCCC1. The van der Waals surface area contributed by atoms with Gasteiger partial charge in [-0.15, -0.1) is 0 Å². The quantitative estimate of drug-likeness (QED) is 0.810. The molecule has 0 bridgehead atoms. The Labute approximate surface area is 141 Å². The summed E-state index contributed by atoms with van der Waals surface area (Å²) in [4.78, 5) is 13.9. The molecule has 24 heavy (non-hydrogen) atoms. The van der Waals surface area contributed by atoms with Gasteiger partial charge in [0.05, 0.1) is 16.9 Å². The van der Waals surface area contributed by atoms with Crippen LogP contribution in [0.5, 0.6) is 0 Å². The standard InChI is InChI=1S/C18H25F3N2O/c1-23(2)16-10-9-14(18(19,20)21)12-15(16)22-17(24)11-8-13-6-4-3-5-7-13/h9-10,12-13H,3-8,11H2,1-2H3,(H,22,24). The van der Waals surface area contributed by atoms with Gasteiger partial charge < -0.3 is 10.2 Å². The molecule has 6 heteroatoms. The number of anilines is 2. The van der Waals surface area contributed by atoms with Gasteiger partial charge in [0, 0.05) is 20.5 Å². The highest BCUT2D eigenvalue weighted by Gasteiger charge is 2.31. The van der Waals surface area contributed by atoms with E-state index in [0.29, 0.717) is 18.0 Å². The normalized spacial score (nSPS) is 16.0. The smallest absolute Gasteiger partial charge is 0.376 e. The molecule has 2 rings (SSSR count). The lowest BCUT2D eigenvalue weighted by Crippen LogP contribution is -2.19. The molecule has 0 radical (unpaired) electrons. The fourth-order valence-corrected chi connectivity index (χ4v) is 3.23. The van der Waals surface area contributed by atoms with E-state index >= 15 is 0 Å². The molecule has 1 aromatic rings. The van der Waals surface area contributed by atoms with Crippen molar-refractivity contribution in [1.29, 1.82) is 0 Å². The molecular weight excluding hydrogens is 317 g/mol. The minimum absolute atomic E-state index is 0.212. The van der Waals surface area contributed by atoms with Crippen molar-refractivity contribution in [2.24, 2.45) is 5.92 Å². The van der Waals surface area contributed by atoms with Crippen LogP contribution in [-0.2, 0) is 11.0 Å². The first-order chi connectivity index (χ1) is 11.3. The minimum atomic E-state index is -4.42. The Kier molecular flexibility index (Phi) is 6.13. The van der Waals surface area contributed by atoms with Crippen molar-refractivity contribution in [1.82, 2.24) is 0 Å². The van der Waals surface area contributed by atoms with Crippen molar-refractivity contribution in [3.8, 4) is 0 Å². The number of carbonyl (C=O) groups is 1. The van der Waals surface area contributed by atoms with Crippen LogP contribution in [0.1, 0.15) is 50.5 Å². The first kappa shape index (κ1) is 18.6. The van der Waals surface area contributed by atoms with Gasteiger partial charge in [0.25, 0.3) is 0 Å². The summed E-state index contributed by atoms with van der Waals surface area (Å²) in [5, 5.41) is 2.66. The number of halogens is 3. The van der Waals surface area contributed by atoms with Gasteiger partial charge >= 0.3 is 6.18 Å². The van der Waals surface area contributed by atoms with Gasteiger partial charge in [0.15, 0.2) is 0 Å². The van der Waals surface area contributed by atoms with Gasteiger partial charge in [-0.05, 0) is 30.5 Å². The summed E-state index contributed by atoms with van der Waals surface area (Å²) in [7, 11) is 3.47. The molecule has 0 atom stereocenters. The van der Waals surface area contributed by atoms with Crippen LogP contribution >= 0.6 is 0 Å². The highest BCUT2D eigenvalue weighted by molar-refractivity contribution is 5.94. The summed E-state index contributed by atoms with van der Waals surface area (Å²) in [5.41, 5.74) is 0.0215. The fourth-order valence-electron chi connectivity index (χ4n) is 3.23. The zero-order valence-electron chi connectivity index (χ0n) is 14.2. The third-order valence-corrected chi connectivity index (χ3v) is 4.58. The van der Waals surface area contributed by atoms with Crippen LogP contribution in [-0.4, -0.2) is 20.0 Å². The molecule has 0 unspecified atom stereocenters. The average Bonchev–Trinajstić information content (AvgIpc) is 2.53. The molecule has 1 aliphatic rings.